The van der Waals surface area contributed by atoms with Gasteiger partial charge in [0.2, 0.25) is 11.8 Å². The van der Waals surface area contributed by atoms with E-state index in [0.29, 0.717) is 24.0 Å². The van der Waals surface area contributed by atoms with E-state index in [9.17, 15) is 4.79 Å². The van der Waals surface area contributed by atoms with Gasteiger partial charge in [0.05, 0.1) is 12.1 Å². The largest absolute Gasteiger partial charge is 0.444 e. The standard InChI is InChI=1S/C21H27N3O2/c25-20(15-18-16-26-21(22-18)17-7-3-1-4-8-17)24-13-9-19(10-14-24)23-11-5-2-6-12-23/h1,3-4,7-8,16,19H,2,5-6,9-15H2. The zero-order chi connectivity index (χ0) is 17.8. The molecule has 2 aliphatic rings. The van der Waals surface area contributed by atoms with Gasteiger partial charge in [0.15, 0.2) is 0 Å². The molecule has 3 heterocycles. The first-order chi connectivity index (χ1) is 12.8. The van der Waals surface area contributed by atoms with Crippen molar-refractivity contribution in [1.82, 2.24) is 14.8 Å². The first-order valence-corrected chi connectivity index (χ1v) is 9.81. The third kappa shape index (κ3) is 3.98. The molecule has 4 rings (SSSR count). The van der Waals surface area contributed by atoms with Crippen LogP contribution < -0.4 is 0 Å². The fourth-order valence-corrected chi connectivity index (χ4v) is 4.13. The summed E-state index contributed by atoms with van der Waals surface area (Å²) in [6.45, 7) is 4.20. The molecule has 1 aromatic heterocycles. The van der Waals surface area contributed by atoms with E-state index >= 15 is 0 Å². The highest BCUT2D eigenvalue weighted by Gasteiger charge is 2.27. The monoisotopic (exact) mass is 353 g/mol. The summed E-state index contributed by atoms with van der Waals surface area (Å²) in [6, 6.07) is 10.5. The van der Waals surface area contributed by atoms with E-state index in [1.807, 2.05) is 35.2 Å². The average molecular weight is 353 g/mol. The van der Waals surface area contributed by atoms with Crippen molar-refractivity contribution in [2.45, 2.75) is 44.6 Å². The molecule has 2 aliphatic heterocycles. The summed E-state index contributed by atoms with van der Waals surface area (Å²) in [5.74, 6) is 0.743. The highest BCUT2D eigenvalue weighted by molar-refractivity contribution is 5.78. The number of benzene rings is 1. The number of hydrogen-bond donors (Lipinski definition) is 0. The lowest BCUT2D eigenvalue weighted by Gasteiger charge is -2.40. The Bertz CT molecular complexity index is 714. The maximum Gasteiger partial charge on any atom is 0.228 e. The Balaban J connectivity index is 1.30. The Kier molecular flexibility index (Phi) is 5.34. The van der Waals surface area contributed by atoms with Gasteiger partial charge in [-0.15, -0.1) is 0 Å². The number of carbonyl (C=O) groups is 1. The second kappa shape index (κ2) is 8.04. The lowest BCUT2D eigenvalue weighted by molar-refractivity contribution is -0.132. The van der Waals surface area contributed by atoms with E-state index in [0.717, 1.165) is 31.5 Å². The molecule has 2 fully saturated rings. The molecule has 1 aromatic carbocycles. The lowest BCUT2D eigenvalue weighted by Crippen LogP contribution is -2.48. The molecule has 0 saturated carbocycles. The molecule has 0 aliphatic carbocycles. The first kappa shape index (κ1) is 17.3. The van der Waals surface area contributed by atoms with Crippen LogP contribution in [0.5, 0.6) is 0 Å². The maximum atomic E-state index is 12.6. The fraction of sp³-hybridized carbons (Fsp3) is 0.524. The van der Waals surface area contributed by atoms with Crippen LogP contribution in [0, 0.1) is 0 Å². The Morgan fingerprint density at radius 3 is 2.50 bits per heavy atom. The number of amides is 1. The van der Waals surface area contributed by atoms with Gasteiger partial charge in [-0.2, -0.15) is 0 Å². The zero-order valence-electron chi connectivity index (χ0n) is 15.3. The third-order valence-corrected chi connectivity index (χ3v) is 5.63. The Labute approximate surface area is 155 Å². The number of carbonyl (C=O) groups excluding carboxylic acids is 1. The zero-order valence-corrected chi connectivity index (χ0v) is 15.3. The second-order valence-corrected chi connectivity index (χ2v) is 7.40. The van der Waals surface area contributed by atoms with Crippen LogP contribution in [0.15, 0.2) is 41.0 Å². The summed E-state index contributed by atoms with van der Waals surface area (Å²) < 4.78 is 5.55. The van der Waals surface area contributed by atoms with Crippen LogP contribution in [0.1, 0.15) is 37.8 Å². The molecule has 5 heteroatoms. The summed E-state index contributed by atoms with van der Waals surface area (Å²) in [6.07, 6.45) is 8.16. The molecule has 0 N–H and O–H groups in total. The molecule has 0 unspecified atom stereocenters. The van der Waals surface area contributed by atoms with Gasteiger partial charge in [-0.1, -0.05) is 24.6 Å². The normalized spacial score (nSPS) is 19.6. The van der Waals surface area contributed by atoms with Gasteiger partial charge in [-0.25, -0.2) is 4.98 Å². The summed E-state index contributed by atoms with van der Waals surface area (Å²) in [4.78, 5) is 21.7. The third-order valence-electron chi connectivity index (χ3n) is 5.63. The topological polar surface area (TPSA) is 49.6 Å². The first-order valence-electron chi connectivity index (χ1n) is 9.81. The molecule has 2 saturated heterocycles. The van der Waals surface area contributed by atoms with Crippen LogP contribution in [-0.2, 0) is 11.2 Å². The van der Waals surface area contributed by atoms with Gasteiger partial charge in [-0.3, -0.25) is 4.79 Å². The summed E-state index contributed by atoms with van der Waals surface area (Å²) in [5.41, 5.74) is 1.65. The van der Waals surface area contributed by atoms with Gasteiger partial charge in [-0.05, 0) is 50.9 Å². The SMILES string of the molecule is O=C(Cc1coc(-c2ccccc2)n1)N1CCC(N2CCCCC2)CC1. The van der Waals surface area contributed by atoms with Crippen molar-refractivity contribution in [3.63, 3.8) is 0 Å². The van der Waals surface area contributed by atoms with Crippen LogP contribution in [0.2, 0.25) is 0 Å². The number of rotatable bonds is 4. The van der Waals surface area contributed by atoms with Crippen molar-refractivity contribution in [3.05, 3.63) is 42.3 Å². The van der Waals surface area contributed by atoms with Gasteiger partial charge in [0, 0.05) is 24.7 Å². The van der Waals surface area contributed by atoms with Crippen LogP contribution in [-0.4, -0.2) is 52.9 Å². The quantitative estimate of drug-likeness (QED) is 0.846. The van der Waals surface area contributed by atoms with Crippen LogP contribution in [0.25, 0.3) is 11.5 Å². The molecule has 0 atom stereocenters. The summed E-state index contributed by atoms with van der Waals surface area (Å²) >= 11 is 0. The second-order valence-electron chi connectivity index (χ2n) is 7.40. The van der Waals surface area contributed by atoms with Crippen molar-refractivity contribution in [1.29, 1.82) is 0 Å². The molecular weight excluding hydrogens is 326 g/mol. The summed E-state index contributed by atoms with van der Waals surface area (Å²) in [5, 5.41) is 0. The minimum absolute atomic E-state index is 0.162. The van der Waals surface area contributed by atoms with Crippen molar-refractivity contribution in [2.24, 2.45) is 0 Å². The smallest absolute Gasteiger partial charge is 0.228 e. The molecule has 2 aromatic rings. The molecule has 0 bridgehead atoms. The summed E-state index contributed by atoms with van der Waals surface area (Å²) in [7, 11) is 0. The minimum Gasteiger partial charge on any atom is -0.444 e. The predicted octanol–water partition coefficient (Wildman–Crippen LogP) is 3.36. The number of piperidine rings is 2. The Morgan fingerprint density at radius 2 is 1.77 bits per heavy atom. The van der Waals surface area contributed by atoms with E-state index in [2.05, 4.69) is 9.88 Å². The van der Waals surface area contributed by atoms with Gasteiger partial charge in [0.1, 0.15) is 6.26 Å². The van der Waals surface area contributed by atoms with Crippen molar-refractivity contribution in [2.75, 3.05) is 26.2 Å². The maximum absolute atomic E-state index is 12.6. The molecule has 138 valence electrons. The predicted molar refractivity (Wildman–Crippen MR) is 101 cm³/mol. The van der Waals surface area contributed by atoms with Crippen molar-refractivity contribution >= 4 is 5.91 Å². The Hall–Kier alpha value is -2.14. The van der Waals surface area contributed by atoms with Crippen LogP contribution in [0.3, 0.4) is 0 Å². The highest BCUT2D eigenvalue weighted by Crippen LogP contribution is 2.22. The van der Waals surface area contributed by atoms with E-state index in [1.54, 1.807) is 6.26 Å². The average Bonchev–Trinajstić information content (AvgIpc) is 3.18. The van der Waals surface area contributed by atoms with E-state index < -0.39 is 0 Å². The molecular formula is C21H27N3O2. The van der Waals surface area contributed by atoms with Gasteiger partial charge in [0.25, 0.3) is 0 Å². The number of aromatic nitrogens is 1. The van der Waals surface area contributed by atoms with Crippen molar-refractivity contribution in [3.8, 4) is 11.5 Å². The van der Waals surface area contributed by atoms with Crippen LogP contribution in [0.4, 0.5) is 0 Å². The fourth-order valence-electron chi connectivity index (χ4n) is 4.13. The number of oxazole rings is 1. The number of nitrogens with zero attached hydrogens (tertiary/aromatic N) is 3. The van der Waals surface area contributed by atoms with Crippen LogP contribution >= 0.6 is 0 Å². The van der Waals surface area contributed by atoms with Gasteiger partial charge >= 0.3 is 0 Å². The minimum atomic E-state index is 0.162. The highest BCUT2D eigenvalue weighted by atomic mass is 16.3. The van der Waals surface area contributed by atoms with E-state index in [4.69, 9.17) is 4.42 Å². The van der Waals surface area contributed by atoms with Crippen molar-refractivity contribution < 1.29 is 9.21 Å². The molecule has 5 nitrogen and oxygen atoms in total. The molecule has 26 heavy (non-hydrogen) atoms. The lowest BCUT2D eigenvalue weighted by atomic mass is 9.99. The van der Waals surface area contributed by atoms with E-state index in [-0.39, 0.29) is 5.91 Å². The number of hydrogen-bond acceptors (Lipinski definition) is 4. The molecule has 1 amide bonds. The Morgan fingerprint density at radius 1 is 1.04 bits per heavy atom. The molecule has 0 radical (unpaired) electrons. The van der Waals surface area contributed by atoms with E-state index in [1.165, 1.54) is 32.4 Å². The molecule has 0 spiro atoms. The number of likely N-dealkylation sites (tertiary alicyclic amines) is 2. The van der Waals surface area contributed by atoms with Gasteiger partial charge < -0.3 is 14.2 Å².